The highest BCUT2D eigenvalue weighted by molar-refractivity contribution is 5.83. The summed E-state index contributed by atoms with van der Waals surface area (Å²) in [6.45, 7) is 6.42. The molecule has 1 aromatic carbocycles. The first-order valence-electron chi connectivity index (χ1n) is 7.98. The van der Waals surface area contributed by atoms with Crippen LogP contribution in [-0.2, 0) is 6.54 Å². The van der Waals surface area contributed by atoms with Crippen molar-refractivity contribution in [1.82, 2.24) is 19.7 Å². The number of hydrogen-bond donors (Lipinski definition) is 2. The van der Waals surface area contributed by atoms with Gasteiger partial charge in [-0.1, -0.05) is 30.3 Å². The molecular formula is C18H20N6O. The van der Waals surface area contributed by atoms with E-state index in [-0.39, 0.29) is 5.56 Å². The van der Waals surface area contributed by atoms with Crippen molar-refractivity contribution in [2.24, 2.45) is 5.10 Å². The first-order valence-corrected chi connectivity index (χ1v) is 7.98. The topological polar surface area (TPSA) is 88.0 Å². The Morgan fingerprint density at radius 3 is 2.72 bits per heavy atom. The number of aromatic amines is 1. The van der Waals surface area contributed by atoms with Gasteiger partial charge in [0.1, 0.15) is 0 Å². The lowest BCUT2D eigenvalue weighted by molar-refractivity contribution is 0.659. The second kappa shape index (κ2) is 7.12. The van der Waals surface area contributed by atoms with E-state index in [9.17, 15) is 4.79 Å². The van der Waals surface area contributed by atoms with Crippen molar-refractivity contribution < 1.29 is 0 Å². The van der Waals surface area contributed by atoms with Crippen molar-refractivity contribution in [2.75, 3.05) is 5.43 Å². The highest BCUT2D eigenvalue weighted by Crippen LogP contribution is 2.13. The number of anilines is 1. The van der Waals surface area contributed by atoms with Gasteiger partial charge >= 0.3 is 0 Å². The Morgan fingerprint density at radius 2 is 2.00 bits per heavy atom. The first kappa shape index (κ1) is 16.6. The lowest BCUT2D eigenvalue weighted by Gasteiger charge is -2.04. The molecule has 0 aliphatic rings. The standard InChI is InChI=1S/C18H20N6O/c1-12-9-17(25)21-18(20-12)22-19-10-16-13(2)23-24(14(16)3)11-15-7-5-4-6-8-15/h4-10H,11H2,1-3H3,(H2,20,21,22,25)/b19-10-. The molecule has 2 aromatic heterocycles. The van der Waals surface area contributed by atoms with Gasteiger partial charge in [-0.25, -0.2) is 10.4 Å². The molecule has 3 rings (SSSR count). The average Bonchev–Trinajstić information content (AvgIpc) is 2.82. The van der Waals surface area contributed by atoms with Gasteiger partial charge in [0, 0.05) is 23.0 Å². The second-order valence-corrected chi connectivity index (χ2v) is 5.83. The van der Waals surface area contributed by atoms with Crippen molar-refractivity contribution in [3.8, 4) is 0 Å². The van der Waals surface area contributed by atoms with Crippen LogP contribution in [0.4, 0.5) is 5.95 Å². The predicted molar refractivity (Wildman–Crippen MR) is 98.1 cm³/mol. The highest BCUT2D eigenvalue weighted by atomic mass is 16.1. The smallest absolute Gasteiger partial charge is 0.252 e. The van der Waals surface area contributed by atoms with Crippen LogP contribution >= 0.6 is 0 Å². The van der Waals surface area contributed by atoms with Crippen LogP contribution in [0.1, 0.15) is 28.2 Å². The van der Waals surface area contributed by atoms with Gasteiger partial charge in [-0.15, -0.1) is 0 Å². The Hall–Kier alpha value is -3.22. The monoisotopic (exact) mass is 336 g/mol. The van der Waals surface area contributed by atoms with Gasteiger partial charge in [0.15, 0.2) is 0 Å². The number of hydrogen-bond acceptors (Lipinski definition) is 5. The fourth-order valence-electron chi connectivity index (χ4n) is 2.60. The molecule has 25 heavy (non-hydrogen) atoms. The van der Waals surface area contributed by atoms with Gasteiger partial charge in [-0.2, -0.15) is 10.2 Å². The van der Waals surface area contributed by atoms with Crippen molar-refractivity contribution in [2.45, 2.75) is 27.3 Å². The van der Waals surface area contributed by atoms with Crippen molar-refractivity contribution >= 4 is 12.2 Å². The third kappa shape index (κ3) is 4.00. The molecule has 2 N–H and O–H groups in total. The van der Waals surface area contributed by atoms with Gasteiger partial charge in [0.05, 0.1) is 18.5 Å². The van der Waals surface area contributed by atoms with Crippen LogP contribution in [0.5, 0.6) is 0 Å². The summed E-state index contributed by atoms with van der Waals surface area (Å²) in [5.41, 5.74) is 7.22. The molecule has 0 bridgehead atoms. The largest absolute Gasteiger partial charge is 0.291 e. The number of H-pyrrole nitrogens is 1. The Kier molecular flexibility index (Phi) is 4.74. The zero-order valence-electron chi connectivity index (χ0n) is 14.4. The molecule has 0 saturated heterocycles. The molecular weight excluding hydrogens is 316 g/mol. The van der Waals surface area contributed by atoms with Crippen LogP contribution in [0, 0.1) is 20.8 Å². The molecule has 0 unspecified atom stereocenters. The number of aryl methyl sites for hydroxylation is 2. The molecule has 0 aliphatic heterocycles. The van der Waals surface area contributed by atoms with Crippen molar-refractivity contribution in [3.63, 3.8) is 0 Å². The average molecular weight is 336 g/mol. The summed E-state index contributed by atoms with van der Waals surface area (Å²) in [5.74, 6) is 0.313. The summed E-state index contributed by atoms with van der Waals surface area (Å²) in [4.78, 5) is 18.2. The first-order chi connectivity index (χ1) is 12.0. The Labute approximate surface area is 145 Å². The number of hydrazone groups is 1. The highest BCUT2D eigenvalue weighted by Gasteiger charge is 2.10. The second-order valence-electron chi connectivity index (χ2n) is 5.83. The molecule has 0 aliphatic carbocycles. The van der Waals surface area contributed by atoms with E-state index in [1.807, 2.05) is 36.7 Å². The van der Waals surface area contributed by atoms with E-state index < -0.39 is 0 Å². The van der Waals surface area contributed by atoms with E-state index in [2.05, 4.69) is 37.7 Å². The number of rotatable bonds is 5. The number of benzene rings is 1. The summed E-state index contributed by atoms with van der Waals surface area (Å²) in [6, 6.07) is 11.6. The zero-order chi connectivity index (χ0) is 17.8. The molecule has 0 radical (unpaired) electrons. The third-order valence-corrected chi connectivity index (χ3v) is 3.85. The van der Waals surface area contributed by atoms with Gasteiger partial charge in [-0.3, -0.25) is 14.5 Å². The molecule has 3 aromatic rings. The van der Waals surface area contributed by atoms with Crippen molar-refractivity contribution in [3.05, 3.63) is 75.0 Å². The normalized spacial score (nSPS) is 11.2. The maximum Gasteiger partial charge on any atom is 0.252 e. The molecule has 0 atom stereocenters. The van der Waals surface area contributed by atoms with E-state index in [1.54, 1.807) is 13.1 Å². The molecule has 128 valence electrons. The minimum absolute atomic E-state index is 0.215. The molecule has 7 nitrogen and oxygen atoms in total. The van der Waals surface area contributed by atoms with Crippen LogP contribution in [0.2, 0.25) is 0 Å². The number of aromatic nitrogens is 4. The lowest BCUT2D eigenvalue weighted by Crippen LogP contribution is -2.10. The van der Waals surface area contributed by atoms with Crippen LogP contribution in [0.25, 0.3) is 0 Å². The molecule has 0 amide bonds. The van der Waals surface area contributed by atoms with E-state index in [0.717, 1.165) is 17.0 Å². The summed E-state index contributed by atoms with van der Waals surface area (Å²) >= 11 is 0. The van der Waals surface area contributed by atoms with E-state index in [0.29, 0.717) is 18.2 Å². The van der Waals surface area contributed by atoms with Crippen LogP contribution in [-0.4, -0.2) is 26.0 Å². The molecule has 0 spiro atoms. The summed E-state index contributed by atoms with van der Waals surface area (Å²) in [5, 5.41) is 8.76. The fraction of sp³-hybridized carbons (Fsp3) is 0.222. The van der Waals surface area contributed by atoms with Gasteiger partial charge in [-0.05, 0) is 26.3 Å². The Bertz CT molecular complexity index is 955. The van der Waals surface area contributed by atoms with Crippen LogP contribution < -0.4 is 11.0 Å². The van der Waals surface area contributed by atoms with Gasteiger partial charge in [0.2, 0.25) is 5.95 Å². The predicted octanol–water partition coefficient (Wildman–Crippen LogP) is 2.39. The lowest BCUT2D eigenvalue weighted by atomic mass is 10.2. The SMILES string of the molecule is Cc1cc(=O)[nH]c(N/N=C\c2c(C)nn(Cc3ccccc3)c2C)n1. The quantitative estimate of drug-likeness (QED) is 0.553. The number of nitrogens with zero attached hydrogens (tertiary/aromatic N) is 4. The van der Waals surface area contributed by atoms with E-state index in [4.69, 9.17) is 0 Å². The molecule has 0 saturated carbocycles. The Morgan fingerprint density at radius 1 is 1.24 bits per heavy atom. The molecule has 7 heteroatoms. The maximum atomic E-state index is 11.4. The van der Waals surface area contributed by atoms with E-state index >= 15 is 0 Å². The minimum atomic E-state index is -0.215. The number of nitrogens with one attached hydrogen (secondary N) is 2. The summed E-state index contributed by atoms with van der Waals surface area (Å²) in [6.07, 6.45) is 1.70. The molecule has 2 heterocycles. The summed E-state index contributed by atoms with van der Waals surface area (Å²) < 4.78 is 1.96. The van der Waals surface area contributed by atoms with Crippen LogP contribution in [0.15, 0.2) is 46.3 Å². The maximum absolute atomic E-state index is 11.4. The zero-order valence-corrected chi connectivity index (χ0v) is 14.4. The van der Waals surface area contributed by atoms with Crippen molar-refractivity contribution in [1.29, 1.82) is 0 Å². The summed E-state index contributed by atoms with van der Waals surface area (Å²) in [7, 11) is 0. The Balaban J connectivity index is 1.77. The van der Waals surface area contributed by atoms with Gasteiger partial charge in [0.25, 0.3) is 5.56 Å². The van der Waals surface area contributed by atoms with E-state index in [1.165, 1.54) is 11.6 Å². The van der Waals surface area contributed by atoms with Gasteiger partial charge < -0.3 is 0 Å². The fourth-order valence-corrected chi connectivity index (χ4v) is 2.60. The molecule has 0 fully saturated rings. The van der Waals surface area contributed by atoms with Crippen LogP contribution in [0.3, 0.4) is 0 Å². The minimum Gasteiger partial charge on any atom is -0.291 e. The third-order valence-electron chi connectivity index (χ3n) is 3.85.